The minimum absolute atomic E-state index is 0.115. The van der Waals surface area contributed by atoms with Crippen LogP contribution in [0, 0.1) is 0 Å². The number of allylic oxidation sites excluding steroid dienone is 1. The molecule has 0 bridgehead atoms. The number of carbonyl (C=O) groups excluding carboxylic acids is 2. The second-order valence-corrected chi connectivity index (χ2v) is 6.88. The van der Waals surface area contributed by atoms with Crippen LogP contribution in [-0.2, 0) is 0 Å². The Labute approximate surface area is 165 Å². The minimum Gasteiger partial charge on any atom is -0.497 e. The lowest BCUT2D eigenvalue weighted by Crippen LogP contribution is -2.25. The maximum absolute atomic E-state index is 12.4. The van der Waals surface area contributed by atoms with E-state index in [4.69, 9.17) is 4.74 Å². The molecule has 0 aliphatic heterocycles. The highest BCUT2D eigenvalue weighted by atomic mass is 16.5. The molecule has 2 aromatic carbocycles. The van der Waals surface area contributed by atoms with E-state index in [2.05, 4.69) is 16.7 Å². The van der Waals surface area contributed by atoms with Gasteiger partial charge in [0.2, 0.25) is 0 Å². The monoisotopic (exact) mass is 378 g/mol. The van der Waals surface area contributed by atoms with Crippen LogP contribution in [0.25, 0.3) is 0 Å². The number of benzene rings is 2. The average Bonchev–Trinajstić information content (AvgIpc) is 2.74. The largest absolute Gasteiger partial charge is 0.497 e. The first-order valence-corrected chi connectivity index (χ1v) is 9.67. The number of ether oxygens (including phenoxy) is 1. The molecule has 2 amide bonds. The van der Waals surface area contributed by atoms with Gasteiger partial charge in [-0.3, -0.25) is 9.59 Å². The maximum Gasteiger partial charge on any atom is 0.255 e. The third kappa shape index (κ3) is 5.46. The van der Waals surface area contributed by atoms with Gasteiger partial charge in [-0.15, -0.1) is 0 Å². The SMILES string of the molecule is COc1cccc(NC(=O)c2ccc(C(=O)NCCC3=CCCCC3)cc2)c1. The Morgan fingerprint density at radius 3 is 2.43 bits per heavy atom. The number of nitrogens with one attached hydrogen (secondary N) is 2. The Morgan fingerprint density at radius 1 is 1.00 bits per heavy atom. The summed E-state index contributed by atoms with van der Waals surface area (Å²) in [5.41, 5.74) is 3.14. The van der Waals surface area contributed by atoms with Crippen molar-refractivity contribution < 1.29 is 14.3 Å². The zero-order valence-electron chi connectivity index (χ0n) is 16.2. The van der Waals surface area contributed by atoms with Gasteiger partial charge >= 0.3 is 0 Å². The number of anilines is 1. The fourth-order valence-electron chi connectivity index (χ4n) is 3.25. The fraction of sp³-hybridized carbons (Fsp3) is 0.304. The summed E-state index contributed by atoms with van der Waals surface area (Å²) in [6, 6.07) is 13.8. The first-order chi connectivity index (χ1) is 13.7. The van der Waals surface area contributed by atoms with Crippen molar-refractivity contribution in [3.05, 3.63) is 71.3 Å². The van der Waals surface area contributed by atoms with Gasteiger partial charge in [-0.2, -0.15) is 0 Å². The molecule has 0 saturated carbocycles. The number of carbonyl (C=O) groups is 2. The van der Waals surface area contributed by atoms with Crippen molar-refractivity contribution in [1.29, 1.82) is 0 Å². The van der Waals surface area contributed by atoms with Crippen molar-refractivity contribution in [1.82, 2.24) is 5.32 Å². The summed E-state index contributed by atoms with van der Waals surface area (Å²) in [7, 11) is 1.58. The topological polar surface area (TPSA) is 67.4 Å². The van der Waals surface area contributed by atoms with E-state index in [0.717, 1.165) is 19.3 Å². The lowest BCUT2D eigenvalue weighted by molar-refractivity contribution is 0.0952. The zero-order valence-corrected chi connectivity index (χ0v) is 16.2. The molecule has 2 N–H and O–H groups in total. The Morgan fingerprint density at radius 2 is 1.75 bits per heavy atom. The van der Waals surface area contributed by atoms with E-state index < -0.39 is 0 Å². The van der Waals surface area contributed by atoms with Crippen LogP contribution in [0.4, 0.5) is 5.69 Å². The molecule has 0 atom stereocenters. The first kappa shape index (κ1) is 19.7. The molecule has 5 heteroatoms. The molecule has 1 aliphatic carbocycles. The van der Waals surface area contributed by atoms with E-state index in [1.54, 1.807) is 43.5 Å². The Balaban J connectivity index is 1.52. The lowest BCUT2D eigenvalue weighted by Gasteiger charge is -2.13. The van der Waals surface area contributed by atoms with Crippen LogP contribution in [0.5, 0.6) is 5.75 Å². The summed E-state index contributed by atoms with van der Waals surface area (Å²) in [4.78, 5) is 24.7. The summed E-state index contributed by atoms with van der Waals surface area (Å²) >= 11 is 0. The van der Waals surface area contributed by atoms with Crippen LogP contribution in [0.3, 0.4) is 0 Å². The van der Waals surface area contributed by atoms with Crippen LogP contribution in [0.2, 0.25) is 0 Å². The molecule has 0 spiro atoms. The van der Waals surface area contributed by atoms with E-state index in [1.807, 2.05) is 12.1 Å². The van der Waals surface area contributed by atoms with Crippen molar-refractivity contribution in [3.63, 3.8) is 0 Å². The van der Waals surface area contributed by atoms with Gasteiger partial charge in [0.25, 0.3) is 11.8 Å². The molecule has 0 aromatic heterocycles. The number of methoxy groups -OCH3 is 1. The van der Waals surface area contributed by atoms with Crippen LogP contribution < -0.4 is 15.4 Å². The highest BCUT2D eigenvalue weighted by molar-refractivity contribution is 6.05. The highest BCUT2D eigenvalue weighted by Gasteiger charge is 2.10. The second kappa shape index (κ2) is 9.74. The van der Waals surface area contributed by atoms with E-state index in [-0.39, 0.29) is 11.8 Å². The second-order valence-electron chi connectivity index (χ2n) is 6.88. The summed E-state index contributed by atoms with van der Waals surface area (Å²) in [5.74, 6) is 0.328. The maximum atomic E-state index is 12.4. The van der Waals surface area contributed by atoms with Gasteiger partial charge in [-0.05, 0) is 68.5 Å². The van der Waals surface area contributed by atoms with Crippen LogP contribution in [0.15, 0.2) is 60.2 Å². The summed E-state index contributed by atoms with van der Waals surface area (Å²) in [6.07, 6.45) is 8.03. The molecule has 3 rings (SSSR count). The summed E-state index contributed by atoms with van der Waals surface area (Å²) in [6.45, 7) is 0.642. The smallest absolute Gasteiger partial charge is 0.255 e. The fourth-order valence-corrected chi connectivity index (χ4v) is 3.25. The zero-order chi connectivity index (χ0) is 19.8. The normalized spacial score (nSPS) is 13.4. The Kier molecular flexibility index (Phi) is 6.84. The highest BCUT2D eigenvalue weighted by Crippen LogP contribution is 2.20. The third-order valence-electron chi connectivity index (χ3n) is 4.85. The van der Waals surface area contributed by atoms with Crippen molar-refractivity contribution in [2.24, 2.45) is 0 Å². The van der Waals surface area contributed by atoms with Gasteiger partial charge in [0.15, 0.2) is 0 Å². The summed E-state index contributed by atoms with van der Waals surface area (Å²) < 4.78 is 5.16. The number of amides is 2. The van der Waals surface area contributed by atoms with Crippen LogP contribution in [0.1, 0.15) is 52.8 Å². The van der Waals surface area contributed by atoms with Gasteiger partial charge in [0.1, 0.15) is 5.75 Å². The predicted molar refractivity (Wildman–Crippen MR) is 111 cm³/mol. The van der Waals surface area contributed by atoms with Gasteiger partial charge < -0.3 is 15.4 Å². The third-order valence-corrected chi connectivity index (χ3v) is 4.85. The van der Waals surface area contributed by atoms with Gasteiger partial charge in [-0.1, -0.05) is 17.7 Å². The molecule has 5 nitrogen and oxygen atoms in total. The number of hydrogen-bond acceptors (Lipinski definition) is 3. The van der Waals surface area contributed by atoms with Crippen molar-refractivity contribution >= 4 is 17.5 Å². The van der Waals surface area contributed by atoms with E-state index in [0.29, 0.717) is 29.1 Å². The summed E-state index contributed by atoms with van der Waals surface area (Å²) in [5, 5.41) is 5.78. The van der Waals surface area contributed by atoms with Crippen LogP contribution in [-0.4, -0.2) is 25.5 Å². The van der Waals surface area contributed by atoms with Gasteiger partial charge in [0.05, 0.1) is 7.11 Å². The number of rotatable bonds is 7. The molecule has 0 radical (unpaired) electrons. The molecule has 0 unspecified atom stereocenters. The Hall–Kier alpha value is -3.08. The number of hydrogen-bond donors (Lipinski definition) is 2. The van der Waals surface area contributed by atoms with Crippen molar-refractivity contribution in [2.45, 2.75) is 32.1 Å². The molecule has 1 aliphatic rings. The molecule has 0 fully saturated rings. The van der Waals surface area contributed by atoms with Crippen molar-refractivity contribution in [2.75, 3.05) is 19.0 Å². The first-order valence-electron chi connectivity index (χ1n) is 9.67. The molecular weight excluding hydrogens is 352 g/mol. The van der Waals surface area contributed by atoms with Gasteiger partial charge in [-0.25, -0.2) is 0 Å². The standard InChI is InChI=1S/C23H26N2O3/c1-28-21-9-5-8-20(16-21)25-23(27)19-12-10-18(11-13-19)22(26)24-15-14-17-6-3-2-4-7-17/h5-6,8-13,16H,2-4,7,14-15H2,1H3,(H,24,26)(H,25,27). The average molecular weight is 378 g/mol. The quantitative estimate of drug-likeness (QED) is 0.694. The molecule has 28 heavy (non-hydrogen) atoms. The van der Waals surface area contributed by atoms with E-state index in [1.165, 1.54) is 18.4 Å². The molecule has 2 aromatic rings. The molecular formula is C23H26N2O3. The van der Waals surface area contributed by atoms with Crippen molar-refractivity contribution in [3.8, 4) is 5.75 Å². The van der Waals surface area contributed by atoms with Gasteiger partial charge in [0, 0.05) is 29.4 Å². The molecule has 146 valence electrons. The lowest BCUT2D eigenvalue weighted by atomic mass is 9.97. The Bertz CT molecular complexity index is 856. The molecule has 0 heterocycles. The molecule has 0 saturated heterocycles. The minimum atomic E-state index is -0.232. The van der Waals surface area contributed by atoms with E-state index >= 15 is 0 Å². The van der Waals surface area contributed by atoms with Crippen LogP contribution >= 0.6 is 0 Å². The predicted octanol–water partition coefficient (Wildman–Crippen LogP) is 4.57. The van der Waals surface area contributed by atoms with E-state index in [9.17, 15) is 9.59 Å².